The highest BCUT2D eigenvalue weighted by Gasteiger charge is 2.17. The van der Waals surface area contributed by atoms with E-state index in [1.54, 1.807) is 0 Å². The lowest BCUT2D eigenvalue weighted by molar-refractivity contribution is 0.165. The van der Waals surface area contributed by atoms with Gasteiger partial charge in [0.25, 0.3) is 0 Å². The molecule has 1 aliphatic rings. The van der Waals surface area contributed by atoms with Crippen molar-refractivity contribution in [2.45, 2.75) is 19.5 Å². The lowest BCUT2D eigenvalue weighted by Gasteiger charge is -2.33. The molecule has 1 aliphatic heterocycles. The van der Waals surface area contributed by atoms with E-state index in [-0.39, 0.29) is 0 Å². The molecule has 2 rings (SSSR count). The third kappa shape index (κ3) is 3.03. The van der Waals surface area contributed by atoms with Crippen molar-refractivity contribution in [2.24, 2.45) is 0 Å². The van der Waals surface area contributed by atoms with Crippen LogP contribution < -0.4 is 5.32 Å². The van der Waals surface area contributed by atoms with Gasteiger partial charge in [0, 0.05) is 36.7 Å². The molecule has 0 saturated carbocycles. The number of hydrogen-bond donors (Lipinski definition) is 1. The highest BCUT2D eigenvalue weighted by molar-refractivity contribution is 9.10. The monoisotopic (exact) mass is 268 g/mol. The van der Waals surface area contributed by atoms with Crippen LogP contribution in [-0.2, 0) is 6.54 Å². The van der Waals surface area contributed by atoms with Gasteiger partial charge in [-0.05, 0) is 24.6 Å². The Labute approximate surface area is 99.8 Å². The molecule has 1 N–H and O–H groups in total. The minimum Gasteiger partial charge on any atom is -0.314 e. The van der Waals surface area contributed by atoms with Crippen molar-refractivity contribution in [2.75, 3.05) is 19.6 Å². The van der Waals surface area contributed by atoms with E-state index in [0.29, 0.717) is 6.04 Å². The van der Waals surface area contributed by atoms with Crippen LogP contribution >= 0.6 is 15.9 Å². The second-order valence-electron chi connectivity index (χ2n) is 4.15. The maximum atomic E-state index is 3.51. The molecule has 1 saturated heterocycles. The van der Waals surface area contributed by atoms with Gasteiger partial charge in [-0.2, -0.15) is 0 Å². The molecule has 0 aliphatic carbocycles. The van der Waals surface area contributed by atoms with Crippen molar-refractivity contribution in [3.63, 3.8) is 0 Å². The first-order chi connectivity index (χ1) is 7.25. The van der Waals surface area contributed by atoms with Crippen molar-refractivity contribution in [1.29, 1.82) is 0 Å². The first-order valence-corrected chi connectivity index (χ1v) is 6.24. The zero-order chi connectivity index (χ0) is 10.7. The van der Waals surface area contributed by atoms with Gasteiger partial charge in [-0.1, -0.05) is 28.1 Å². The van der Waals surface area contributed by atoms with Crippen LogP contribution in [-0.4, -0.2) is 30.6 Å². The van der Waals surface area contributed by atoms with Gasteiger partial charge in [-0.25, -0.2) is 0 Å². The zero-order valence-corrected chi connectivity index (χ0v) is 10.6. The van der Waals surface area contributed by atoms with Gasteiger partial charge in [-0.15, -0.1) is 0 Å². The van der Waals surface area contributed by atoms with Gasteiger partial charge in [0.2, 0.25) is 0 Å². The summed E-state index contributed by atoms with van der Waals surface area (Å²) in [4.78, 5) is 2.53. The van der Waals surface area contributed by atoms with Gasteiger partial charge >= 0.3 is 0 Å². The molecule has 0 amide bonds. The first-order valence-electron chi connectivity index (χ1n) is 5.45. The Balaban J connectivity index is 2.01. The van der Waals surface area contributed by atoms with Crippen LogP contribution in [0.25, 0.3) is 0 Å². The van der Waals surface area contributed by atoms with E-state index in [9.17, 15) is 0 Å². The first kappa shape index (κ1) is 11.1. The van der Waals surface area contributed by atoms with E-state index in [1.165, 1.54) is 10.0 Å². The summed E-state index contributed by atoms with van der Waals surface area (Å²) in [5, 5.41) is 3.41. The Bertz CT molecular complexity index is 327. The van der Waals surface area contributed by atoms with Crippen molar-refractivity contribution in [3.8, 4) is 0 Å². The molecule has 0 unspecified atom stereocenters. The highest BCUT2D eigenvalue weighted by atomic mass is 79.9. The molecular weight excluding hydrogens is 252 g/mol. The molecule has 0 bridgehead atoms. The van der Waals surface area contributed by atoms with Crippen LogP contribution in [0.3, 0.4) is 0 Å². The average molecular weight is 269 g/mol. The summed E-state index contributed by atoms with van der Waals surface area (Å²) in [6.07, 6.45) is 0. The molecular formula is C12H17BrN2. The van der Waals surface area contributed by atoms with E-state index >= 15 is 0 Å². The molecule has 0 spiro atoms. The molecule has 0 aromatic heterocycles. The standard InChI is InChI=1S/C12H17BrN2/c1-10-8-14-5-6-15(10)9-11-3-2-4-12(13)7-11/h2-4,7,10,14H,5-6,8-9H2,1H3/t10-/m0/s1. The van der Waals surface area contributed by atoms with Crippen LogP contribution in [0.1, 0.15) is 12.5 Å². The largest absolute Gasteiger partial charge is 0.314 e. The molecule has 1 fully saturated rings. The Morgan fingerprint density at radius 2 is 2.40 bits per heavy atom. The van der Waals surface area contributed by atoms with Crippen molar-refractivity contribution in [3.05, 3.63) is 34.3 Å². The maximum absolute atomic E-state index is 3.51. The van der Waals surface area contributed by atoms with E-state index < -0.39 is 0 Å². The van der Waals surface area contributed by atoms with Crippen LogP contribution in [0.2, 0.25) is 0 Å². The van der Waals surface area contributed by atoms with E-state index in [1.807, 2.05) is 0 Å². The number of rotatable bonds is 2. The fourth-order valence-corrected chi connectivity index (χ4v) is 2.43. The quantitative estimate of drug-likeness (QED) is 0.885. The van der Waals surface area contributed by atoms with Crippen LogP contribution in [0.4, 0.5) is 0 Å². The van der Waals surface area contributed by atoms with Gasteiger partial charge in [0.1, 0.15) is 0 Å². The summed E-state index contributed by atoms with van der Waals surface area (Å²) in [7, 11) is 0. The molecule has 15 heavy (non-hydrogen) atoms. The summed E-state index contributed by atoms with van der Waals surface area (Å²) in [6, 6.07) is 9.21. The number of benzene rings is 1. The van der Waals surface area contributed by atoms with Crippen LogP contribution in [0.15, 0.2) is 28.7 Å². The minimum absolute atomic E-state index is 0.637. The normalized spacial score (nSPS) is 22.9. The minimum atomic E-state index is 0.637. The Morgan fingerprint density at radius 1 is 1.53 bits per heavy atom. The third-order valence-corrected chi connectivity index (χ3v) is 3.41. The average Bonchev–Trinajstić information content (AvgIpc) is 2.22. The number of piperazine rings is 1. The number of nitrogens with zero attached hydrogens (tertiary/aromatic N) is 1. The molecule has 2 nitrogen and oxygen atoms in total. The molecule has 3 heteroatoms. The number of nitrogens with one attached hydrogen (secondary N) is 1. The number of hydrogen-bond acceptors (Lipinski definition) is 2. The smallest absolute Gasteiger partial charge is 0.0238 e. The van der Waals surface area contributed by atoms with Crippen LogP contribution in [0.5, 0.6) is 0 Å². The lowest BCUT2D eigenvalue weighted by Crippen LogP contribution is -2.49. The number of halogens is 1. The summed E-state index contributed by atoms with van der Waals surface area (Å²) in [5.41, 5.74) is 1.39. The molecule has 82 valence electrons. The Hall–Kier alpha value is -0.380. The maximum Gasteiger partial charge on any atom is 0.0238 e. The molecule has 1 aromatic rings. The lowest BCUT2D eigenvalue weighted by atomic mass is 10.1. The van der Waals surface area contributed by atoms with Gasteiger partial charge < -0.3 is 5.32 Å². The summed E-state index contributed by atoms with van der Waals surface area (Å²) in [6.45, 7) is 6.70. The van der Waals surface area contributed by atoms with E-state index in [4.69, 9.17) is 0 Å². The van der Waals surface area contributed by atoms with Gasteiger partial charge in [0.15, 0.2) is 0 Å². The fourth-order valence-electron chi connectivity index (χ4n) is 1.99. The summed E-state index contributed by atoms with van der Waals surface area (Å²) < 4.78 is 1.17. The predicted octanol–water partition coefficient (Wildman–Crippen LogP) is 2.24. The summed E-state index contributed by atoms with van der Waals surface area (Å²) >= 11 is 3.51. The molecule has 0 radical (unpaired) electrons. The second-order valence-corrected chi connectivity index (χ2v) is 5.07. The van der Waals surface area contributed by atoms with Crippen LogP contribution in [0, 0.1) is 0 Å². The second kappa shape index (κ2) is 5.10. The molecule has 1 heterocycles. The zero-order valence-electron chi connectivity index (χ0n) is 9.04. The summed E-state index contributed by atoms with van der Waals surface area (Å²) in [5.74, 6) is 0. The van der Waals surface area contributed by atoms with Crippen molar-refractivity contribution in [1.82, 2.24) is 10.2 Å². The highest BCUT2D eigenvalue weighted by Crippen LogP contribution is 2.15. The van der Waals surface area contributed by atoms with E-state index in [0.717, 1.165) is 26.2 Å². The fraction of sp³-hybridized carbons (Fsp3) is 0.500. The Morgan fingerprint density at radius 3 is 3.13 bits per heavy atom. The Kier molecular flexibility index (Phi) is 3.78. The van der Waals surface area contributed by atoms with Gasteiger partial charge in [-0.3, -0.25) is 4.90 Å². The predicted molar refractivity (Wildman–Crippen MR) is 66.9 cm³/mol. The van der Waals surface area contributed by atoms with E-state index in [2.05, 4.69) is 57.3 Å². The topological polar surface area (TPSA) is 15.3 Å². The third-order valence-electron chi connectivity index (χ3n) is 2.91. The van der Waals surface area contributed by atoms with Crippen molar-refractivity contribution >= 4 is 15.9 Å². The molecule has 1 atom stereocenters. The van der Waals surface area contributed by atoms with Gasteiger partial charge in [0.05, 0.1) is 0 Å². The molecule has 1 aromatic carbocycles. The SMILES string of the molecule is C[C@H]1CNCCN1Cc1cccc(Br)c1. The van der Waals surface area contributed by atoms with Crippen molar-refractivity contribution < 1.29 is 0 Å².